The van der Waals surface area contributed by atoms with Crippen LogP contribution in [0.2, 0.25) is 0 Å². The number of carbonyl (C=O) groups excluding carboxylic acids is 3. The van der Waals surface area contributed by atoms with Crippen molar-refractivity contribution in [3.05, 3.63) is 35.5 Å². The zero-order chi connectivity index (χ0) is 20.3. The first-order chi connectivity index (χ1) is 13.2. The van der Waals surface area contributed by atoms with Crippen LogP contribution in [0.3, 0.4) is 0 Å². The Morgan fingerprint density at radius 1 is 1.32 bits per heavy atom. The van der Waals surface area contributed by atoms with E-state index in [0.29, 0.717) is 12.0 Å². The van der Waals surface area contributed by atoms with Crippen molar-refractivity contribution < 1.29 is 24.2 Å². The Bertz CT molecular complexity index is 834. The first-order valence-corrected chi connectivity index (χ1v) is 10.2. The standard InChI is InChI=1S/C23H28O5/c1-13(24)28-12-20(27)18-7-6-17-16-5-4-14-10-15(25)8-9-22(14,2)21(16)19(26)11-23(17,18)3/h7-10,16-17,19,21,26H,4-6,11-12H2,1-3H3/t16-,17?,19-,21?,22-,23-/m0/s1. The summed E-state index contributed by atoms with van der Waals surface area (Å²) in [4.78, 5) is 35.7. The number of aliphatic hydroxyl groups excluding tert-OH is 1. The van der Waals surface area contributed by atoms with Gasteiger partial charge in [0.05, 0.1) is 6.10 Å². The predicted molar refractivity (Wildman–Crippen MR) is 103 cm³/mol. The van der Waals surface area contributed by atoms with Gasteiger partial charge in [-0.2, -0.15) is 0 Å². The van der Waals surface area contributed by atoms with Gasteiger partial charge < -0.3 is 9.84 Å². The number of esters is 1. The predicted octanol–water partition coefficient (Wildman–Crippen LogP) is 2.93. The smallest absolute Gasteiger partial charge is 0.303 e. The summed E-state index contributed by atoms with van der Waals surface area (Å²) in [6.45, 7) is 5.28. The lowest BCUT2D eigenvalue weighted by atomic mass is 9.47. The fourth-order valence-electron chi connectivity index (χ4n) is 6.57. The quantitative estimate of drug-likeness (QED) is 0.757. The molecule has 1 N–H and O–H groups in total. The van der Waals surface area contributed by atoms with Crippen molar-refractivity contribution in [1.82, 2.24) is 0 Å². The first-order valence-electron chi connectivity index (χ1n) is 10.2. The summed E-state index contributed by atoms with van der Waals surface area (Å²) in [6, 6.07) is 0. The zero-order valence-electron chi connectivity index (χ0n) is 16.7. The van der Waals surface area contributed by atoms with E-state index in [1.165, 1.54) is 6.92 Å². The monoisotopic (exact) mass is 384 g/mol. The molecule has 2 saturated carbocycles. The summed E-state index contributed by atoms with van der Waals surface area (Å²) >= 11 is 0. The Labute approximate surface area is 165 Å². The van der Waals surface area contributed by atoms with Crippen molar-refractivity contribution in [2.45, 2.75) is 52.6 Å². The van der Waals surface area contributed by atoms with Crippen molar-refractivity contribution in [2.24, 2.45) is 28.6 Å². The molecule has 150 valence electrons. The maximum Gasteiger partial charge on any atom is 0.303 e. The number of rotatable bonds is 3. The number of ketones is 2. The van der Waals surface area contributed by atoms with Gasteiger partial charge in [-0.25, -0.2) is 0 Å². The molecule has 0 bridgehead atoms. The summed E-state index contributed by atoms with van der Waals surface area (Å²) < 4.78 is 4.93. The van der Waals surface area contributed by atoms with E-state index in [2.05, 4.69) is 13.8 Å². The molecule has 5 heteroatoms. The summed E-state index contributed by atoms with van der Waals surface area (Å²) in [6.07, 6.45) is 9.91. The summed E-state index contributed by atoms with van der Waals surface area (Å²) in [7, 11) is 0. The van der Waals surface area contributed by atoms with E-state index in [1.807, 2.05) is 12.2 Å². The molecule has 0 radical (unpaired) electrons. The third kappa shape index (κ3) is 2.74. The molecule has 5 nitrogen and oxygen atoms in total. The Morgan fingerprint density at radius 3 is 2.79 bits per heavy atom. The van der Waals surface area contributed by atoms with Crippen LogP contribution in [-0.4, -0.2) is 35.4 Å². The molecule has 0 spiro atoms. The fraction of sp³-hybridized carbons (Fsp3) is 0.609. The molecular formula is C23H28O5. The van der Waals surface area contributed by atoms with E-state index < -0.39 is 17.5 Å². The third-order valence-electron chi connectivity index (χ3n) is 7.78. The van der Waals surface area contributed by atoms with Crippen molar-refractivity contribution in [3.8, 4) is 0 Å². The van der Waals surface area contributed by atoms with Gasteiger partial charge >= 0.3 is 5.97 Å². The number of fused-ring (bicyclic) bond motifs is 5. The topological polar surface area (TPSA) is 80.7 Å². The highest BCUT2D eigenvalue weighted by Crippen LogP contribution is 2.64. The van der Waals surface area contributed by atoms with Gasteiger partial charge in [-0.05, 0) is 49.7 Å². The van der Waals surface area contributed by atoms with Crippen LogP contribution in [0, 0.1) is 28.6 Å². The Balaban J connectivity index is 1.63. The van der Waals surface area contributed by atoms with Gasteiger partial charge in [-0.15, -0.1) is 0 Å². The molecule has 0 aromatic rings. The minimum Gasteiger partial charge on any atom is -0.457 e. The van der Waals surface area contributed by atoms with Crippen LogP contribution in [0.15, 0.2) is 35.5 Å². The Kier molecular flexibility index (Phi) is 4.49. The zero-order valence-corrected chi connectivity index (χ0v) is 16.7. The van der Waals surface area contributed by atoms with Gasteiger partial charge in [0, 0.05) is 29.2 Å². The minimum absolute atomic E-state index is 0.0296. The maximum absolute atomic E-state index is 12.7. The molecule has 6 atom stereocenters. The van der Waals surface area contributed by atoms with Gasteiger partial charge in [0.15, 0.2) is 18.2 Å². The number of hydrogen-bond donors (Lipinski definition) is 1. The van der Waals surface area contributed by atoms with Gasteiger partial charge in [-0.3, -0.25) is 14.4 Å². The fourth-order valence-corrected chi connectivity index (χ4v) is 6.57. The SMILES string of the molecule is CC(=O)OCC(=O)C1=CCC2[C@@H]3CCC4=CC(=O)C=C[C@]4(C)C3[C@@H](O)C[C@]12C. The number of aliphatic hydroxyl groups is 1. The van der Waals surface area contributed by atoms with E-state index in [4.69, 9.17) is 4.74 Å². The number of hydrogen-bond acceptors (Lipinski definition) is 5. The maximum atomic E-state index is 12.7. The lowest BCUT2D eigenvalue weighted by Crippen LogP contribution is -2.55. The van der Waals surface area contributed by atoms with E-state index >= 15 is 0 Å². The molecule has 0 saturated heterocycles. The van der Waals surface area contributed by atoms with Gasteiger partial charge in [0.1, 0.15) is 0 Å². The Hall–Kier alpha value is -2.01. The normalized spacial score (nSPS) is 41.4. The molecule has 2 unspecified atom stereocenters. The molecule has 0 amide bonds. The summed E-state index contributed by atoms with van der Waals surface area (Å²) in [5, 5.41) is 11.2. The average molecular weight is 384 g/mol. The second-order valence-electron chi connectivity index (χ2n) is 9.27. The number of allylic oxidation sites excluding steroid dienone is 5. The van der Waals surface area contributed by atoms with Crippen LogP contribution in [0.5, 0.6) is 0 Å². The molecule has 28 heavy (non-hydrogen) atoms. The molecule has 4 rings (SSSR count). The molecule has 4 aliphatic carbocycles. The van der Waals surface area contributed by atoms with Gasteiger partial charge in [0.2, 0.25) is 0 Å². The molecule has 4 aliphatic rings. The third-order valence-corrected chi connectivity index (χ3v) is 7.78. The number of ether oxygens (including phenoxy) is 1. The highest BCUT2D eigenvalue weighted by Gasteiger charge is 2.60. The molecule has 0 aromatic carbocycles. The lowest BCUT2D eigenvalue weighted by Gasteiger charge is -2.58. The van der Waals surface area contributed by atoms with Crippen LogP contribution in [0.25, 0.3) is 0 Å². The van der Waals surface area contributed by atoms with E-state index in [1.54, 1.807) is 12.2 Å². The van der Waals surface area contributed by atoms with Crippen molar-refractivity contribution in [2.75, 3.05) is 6.61 Å². The van der Waals surface area contributed by atoms with Gasteiger partial charge in [-0.1, -0.05) is 31.6 Å². The van der Waals surface area contributed by atoms with E-state index in [-0.39, 0.29) is 41.3 Å². The summed E-state index contributed by atoms with van der Waals surface area (Å²) in [5.41, 5.74) is 1.13. The molecule has 2 fully saturated rings. The van der Waals surface area contributed by atoms with Crippen LogP contribution < -0.4 is 0 Å². The van der Waals surface area contributed by atoms with Crippen LogP contribution in [-0.2, 0) is 19.1 Å². The summed E-state index contributed by atoms with van der Waals surface area (Å²) in [5.74, 6) is 0.0194. The van der Waals surface area contributed by atoms with Crippen LogP contribution in [0.1, 0.15) is 46.5 Å². The molecule has 0 aromatic heterocycles. The largest absolute Gasteiger partial charge is 0.457 e. The van der Waals surface area contributed by atoms with Crippen molar-refractivity contribution in [3.63, 3.8) is 0 Å². The average Bonchev–Trinajstić information content (AvgIpc) is 2.96. The Morgan fingerprint density at radius 2 is 2.07 bits per heavy atom. The molecule has 0 heterocycles. The van der Waals surface area contributed by atoms with Crippen LogP contribution in [0.4, 0.5) is 0 Å². The van der Waals surface area contributed by atoms with Crippen molar-refractivity contribution in [1.29, 1.82) is 0 Å². The highest BCUT2D eigenvalue weighted by molar-refractivity contribution is 6.01. The molecule has 0 aliphatic heterocycles. The second kappa shape index (κ2) is 6.51. The number of Topliss-reactive ketones (excluding diaryl/α,β-unsaturated/α-hetero) is 1. The highest BCUT2D eigenvalue weighted by atomic mass is 16.5. The molecular weight excluding hydrogens is 356 g/mol. The van der Waals surface area contributed by atoms with E-state index in [0.717, 1.165) is 24.8 Å². The second-order valence-corrected chi connectivity index (χ2v) is 9.27. The first kappa shape index (κ1) is 19.3. The van der Waals surface area contributed by atoms with Gasteiger partial charge in [0.25, 0.3) is 0 Å². The van der Waals surface area contributed by atoms with E-state index in [9.17, 15) is 19.5 Å². The van der Waals surface area contributed by atoms with Crippen molar-refractivity contribution >= 4 is 17.5 Å². The van der Waals surface area contributed by atoms with Crippen LogP contribution >= 0.6 is 0 Å². The lowest BCUT2D eigenvalue weighted by molar-refractivity contribution is -0.145. The minimum atomic E-state index is -0.555. The number of carbonyl (C=O) groups is 3.